The molecule has 1 aromatic carbocycles. The number of hydrogen-bond acceptors (Lipinski definition) is 7. The van der Waals surface area contributed by atoms with E-state index in [9.17, 15) is 13.2 Å². The maximum Gasteiger partial charge on any atom is 0.358 e. The second-order valence-electron chi connectivity index (χ2n) is 5.21. The SMILES string of the molecule is NC(=O)c1nccc2cc(OS(=O)(=O)c3c(Br)nc4sccn34)ccc12. The monoisotopic (exact) mass is 452 g/mol. The van der Waals surface area contributed by atoms with E-state index in [2.05, 4.69) is 25.9 Å². The molecule has 11 heteroatoms. The van der Waals surface area contributed by atoms with Crippen LogP contribution in [0, 0.1) is 0 Å². The molecule has 2 N–H and O–H groups in total. The number of halogens is 1. The van der Waals surface area contributed by atoms with Crippen LogP contribution in [0.3, 0.4) is 0 Å². The number of hydrogen-bond donors (Lipinski definition) is 1. The van der Waals surface area contributed by atoms with E-state index in [1.807, 2.05) is 0 Å². The Labute approximate surface area is 159 Å². The van der Waals surface area contributed by atoms with Crippen molar-refractivity contribution in [2.45, 2.75) is 5.03 Å². The molecule has 0 aliphatic rings. The Morgan fingerprint density at radius 1 is 1.31 bits per heavy atom. The first kappa shape index (κ1) is 16.9. The van der Waals surface area contributed by atoms with E-state index in [1.165, 1.54) is 34.1 Å². The Kier molecular flexibility index (Phi) is 3.93. The van der Waals surface area contributed by atoms with Crippen LogP contribution in [0.4, 0.5) is 0 Å². The first-order valence-corrected chi connectivity index (χ1v) is 10.2. The smallest absolute Gasteiger partial charge is 0.358 e. The molecule has 3 heterocycles. The van der Waals surface area contributed by atoms with Crippen LogP contribution in [0.15, 0.2) is 51.7 Å². The fourth-order valence-corrected chi connectivity index (χ4v) is 5.45. The molecule has 0 aliphatic carbocycles. The molecular weight excluding hydrogens is 444 g/mol. The number of amides is 1. The number of benzene rings is 1. The van der Waals surface area contributed by atoms with Crippen LogP contribution in [0.5, 0.6) is 5.75 Å². The number of thiazole rings is 1. The first-order chi connectivity index (χ1) is 12.4. The summed E-state index contributed by atoms with van der Waals surface area (Å²) in [7, 11) is -4.14. The third-order valence-electron chi connectivity index (χ3n) is 3.59. The summed E-state index contributed by atoms with van der Waals surface area (Å²) in [5, 5.41) is 2.72. The average Bonchev–Trinajstić information content (AvgIpc) is 3.13. The van der Waals surface area contributed by atoms with Crippen molar-refractivity contribution in [3.63, 3.8) is 0 Å². The second-order valence-corrected chi connectivity index (χ2v) is 8.29. The largest absolute Gasteiger partial charge is 0.378 e. The summed E-state index contributed by atoms with van der Waals surface area (Å²) in [6.07, 6.45) is 3.02. The van der Waals surface area contributed by atoms with Crippen molar-refractivity contribution in [2.24, 2.45) is 5.73 Å². The lowest BCUT2D eigenvalue weighted by atomic mass is 10.1. The molecule has 4 rings (SSSR count). The standard InChI is InChI=1S/C15H9BrN4O4S2/c16-12-14(20-5-6-25-15(20)19-12)26(22,23)24-9-1-2-10-8(7-9)3-4-18-11(10)13(17)21/h1-7H,(H2,17,21). The molecule has 0 unspecified atom stereocenters. The van der Waals surface area contributed by atoms with Gasteiger partial charge in [0.05, 0.1) is 0 Å². The number of pyridine rings is 1. The Hall–Kier alpha value is -2.50. The predicted octanol–water partition coefficient (Wildman–Crippen LogP) is 2.57. The van der Waals surface area contributed by atoms with Crippen LogP contribution < -0.4 is 9.92 Å². The summed E-state index contributed by atoms with van der Waals surface area (Å²) in [5.41, 5.74) is 5.41. The van der Waals surface area contributed by atoms with Crippen molar-refractivity contribution in [3.8, 4) is 5.75 Å². The van der Waals surface area contributed by atoms with Gasteiger partial charge in [-0.2, -0.15) is 8.42 Å². The van der Waals surface area contributed by atoms with Crippen LogP contribution in [-0.2, 0) is 10.1 Å². The van der Waals surface area contributed by atoms with Crippen molar-refractivity contribution >= 4 is 59.0 Å². The predicted molar refractivity (Wildman–Crippen MR) is 98.8 cm³/mol. The maximum absolute atomic E-state index is 12.7. The van der Waals surface area contributed by atoms with Gasteiger partial charge in [0, 0.05) is 23.2 Å². The van der Waals surface area contributed by atoms with Crippen LogP contribution in [-0.4, -0.2) is 28.7 Å². The van der Waals surface area contributed by atoms with Gasteiger partial charge in [0.2, 0.25) is 5.03 Å². The van der Waals surface area contributed by atoms with E-state index in [-0.39, 0.29) is 21.1 Å². The zero-order valence-corrected chi connectivity index (χ0v) is 16.0. The van der Waals surface area contributed by atoms with Gasteiger partial charge in [0.1, 0.15) is 16.0 Å². The van der Waals surface area contributed by atoms with Gasteiger partial charge >= 0.3 is 10.1 Å². The molecule has 0 radical (unpaired) electrons. The molecule has 0 atom stereocenters. The fraction of sp³-hybridized carbons (Fsp3) is 0. The van der Waals surface area contributed by atoms with Crippen molar-refractivity contribution in [3.05, 3.63) is 52.3 Å². The van der Waals surface area contributed by atoms with E-state index in [0.29, 0.717) is 15.7 Å². The number of imidazole rings is 1. The third-order valence-corrected chi connectivity index (χ3v) is 6.44. The number of aromatic nitrogens is 3. The minimum Gasteiger partial charge on any atom is -0.378 e. The summed E-state index contributed by atoms with van der Waals surface area (Å²) < 4.78 is 32.3. The zero-order chi connectivity index (χ0) is 18.5. The maximum atomic E-state index is 12.7. The second kappa shape index (κ2) is 6.04. The van der Waals surface area contributed by atoms with E-state index >= 15 is 0 Å². The minimum atomic E-state index is -4.14. The molecule has 26 heavy (non-hydrogen) atoms. The number of nitrogens with zero attached hydrogens (tertiary/aromatic N) is 3. The molecule has 0 saturated carbocycles. The number of primary amides is 1. The average molecular weight is 453 g/mol. The summed E-state index contributed by atoms with van der Waals surface area (Å²) >= 11 is 4.46. The Balaban J connectivity index is 1.78. The van der Waals surface area contributed by atoms with Crippen molar-refractivity contribution in [1.82, 2.24) is 14.4 Å². The number of rotatable bonds is 4. The van der Waals surface area contributed by atoms with Gasteiger partial charge in [-0.1, -0.05) is 0 Å². The van der Waals surface area contributed by atoms with Crippen molar-refractivity contribution < 1.29 is 17.4 Å². The number of fused-ring (bicyclic) bond motifs is 2. The fourth-order valence-electron chi connectivity index (χ4n) is 2.53. The summed E-state index contributed by atoms with van der Waals surface area (Å²) in [5.74, 6) is -0.573. The molecule has 3 aromatic heterocycles. The van der Waals surface area contributed by atoms with Gasteiger partial charge in [-0.3, -0.25) is 14.2 Å². The van der Waals surface area contributed by atoms with E-state index in [4.69, 9.17) is 9.92 Å². The highest BCUT2D eigenvalue weighted by Gasteiger charge is 2.27. The molecule has 132 valence electrons. The molecule has 8 nitrogen and oxygen atoms in total. The Morgan fingerprint density at radius 3 is 2.88 bits per heavy atom. The zero-order valence-electron chi connectivity index (χ0n) is 12.8. The molecule has 0 saturated heterocycles. The van der Waals surface area contributed by atoms with E-state index < -0.39 is 16.0 Å². The molecule has 0 bridgehead atoms. The van der Waals surface area contributed by atoms with Gasteiger partial charge in [-0.15, -0.1) is 11.3 Å². The molecule has 0 fully saturated rings. The van der Waals surface area contributed by atoms with Crippen LogP contribution in [0.25, 0.3) is 15.7 Å². The first-order valence-electron chi connectivity index (χ1n) is 7.11. The van der Waals surface area contributed by atoms with E-state index in [0.717, 1.165) is 0 Å². The summed E-state index contributed by atoms with van der Waals surface area (Å²) in [6, 6.07) is 6.11. The highest BCUT2D eigenvalue weighted by Crippen LogP contribution is 2.30. The van der Waals surface area contributed by atoms with Crippen molar-refractivity contribution in [2.75, 3.05) is 0 Å². The van der Waals surface area contributed by atoms with Gasteiger partial charge in [-0.25, -0.2) is 4.98 Å². The lowest BCUT2D eigenvalue weighted by Crippen LogP contribution is -2.14. The summed E-state index contributed by atoms with van der Waals surface area (Å²) in [4.78, 5) is 20.0. The van der Waals surface area contributed by atoms with Gasteiger partial charge in [0.15, 0.2) is 4.96 Å². The normalized spacial score (nSPS) is 11.9. The number of carbonyl (C=O) groups excluding carboxylic acids is 1. The number of carbonyl (C=O) groups is 1. The van der Waals surface area contributed by atoms with E-state index in [1.54, 1.807) is 23.7 Å². The van der Waals surface area contributed by atoms with Gasteiger partial charge in [0.25, 0.3) is 5.91 Å². The highest BCUT2D eigenvalue weighted by molar-refractivity contribution is 9.10. The van der Waals surface area contributed by atoms with Crippen LogP contribution in [0.1, 0.15) is 10.5 Å². The quantitative estimate of drug-likeness (QED) is 0.475. The molecule has 0 spiro atoms. The van der Waals surface area contributed by atoms with Crippen molar-refractivity contribution in [1.29, 1.82) is 0 Å². The lowest BCUT2D eigenvalue weighted by Gasteiger charge is -2.08. The van der Waals surface area contributed by atoms with Gasteiger partial charge < -0.3 is 9.92 Å². The topological polar surface area (TPSA) is 117 Å². The molecule has 0 aliphatic heterocycles. The number of nitrogens with two attached hydrogens (primary N) is 1. The van der Waals surface area contributed by atoms with Crippen LogP contribution in [0.2, 0.25) is 0 Å². The lowest BCUT2D eigenvalue weighted by molar-refractivity contribution is 0.0997. The van der Waals surface area contributed by atoms with Gasteiger partial charge in [-0.05, 0) is 45.6 Å². The molecular formula is C15H9BrN4O4S2. The Morgan fingerprint density at radius 2 is 2.12 bits per heavy atom. The molecule has 4 aromatic rings. The molecule has 1 amide bonds. The third kappa shape index (κ3) is 2.73. The highest BCUT2D eigenvalue weighted by atomic mass is 79.9. The minimum absolute atomic E-state index is 0.0937. The van der Waals surface area contributed by atoms with Crippen LogP contribution >= 0.6 is 27.3 Å². The summed E-state index contributed by atoms with van der Waals surface area (Å²) in [6.45, 7) is 0. The Bertz CT molecular complexity index is 1280.